The van der Waals surface area contributed by atoms with E-state index in [-0.39, 0.29) is 5.91 Å². The zero-order chi connectivity index (χ0) is 20.9. The van der Waals surface area contributed by atoms with Crippen molar-refractivity contribution in [2.75, 3.05) is 12.4 Å². The fourth-order valence-corrected chi connectivity index (χ4v) is 3.26. The molecule has 30 heavy (non-hydrogen) atoms. The third kappa shape index (κ3) is 4.38. The van der Waals surface area contributed by atoms with Crippen LogP contribution in [0, 0.1) is 0 Å². The molecule has 1 N–H and O–H groups in total. The zero-order valence-corrected chi connectivity index (χ0v) is 17.0. The predicted molar refractivity (Wildman–Crippen MR) is 120 cm³/mol. The van der Waals surface area contributed by atoms with Gasteiger partial charge in [-0.3, -0.25) is 4.79 Å². The van der Waals surface area contributed by atoms with E-state index in [9.17, 15) is 4.79 Å². The molecule has 1 aromatic carbocycles. The molecule has 0 spiro atoms. The topological polar surface area (TPSA) is 63.1 Å². The smallest absolute Gasteiger partial charge is 0.246 e. The SMILES string of the molecule is CN(Cc1cc2ccccc2n1C)C(=O)/C=C/c1ccc(Nc2ccccn2)nc1. The lowest BCUT2D eigenvalue weighted by Gasteiger charge is -2.15. The second-order valence-electron chi connectivity index (χ2n) is 7.10. The third-order valence-corrected chi connectivity index (χ3v) is 4.95. The lowest BCUT2D eigenvalue weighted by molar-refractivity contribution is -0.125. The molecule has 0 saturated carbocycles. The van der Waals surface area contributed by atoms with E-state index in [1.807, 2.05) is 56.6 Å². The number of fused-ring (bicyclic) bond motifs is 1. The minimum atomic E-state index is -0.0593. The highest BCUT2D eigenvalue weighted by molar-refractivity contribution is 5.91. The minimum absolute atomic E-state index is 0.0593. The summed E-state index contributed by atoms with van der Waals surface area (Å²) in [6.07, 6.45) is 6.79. The first-order valence-electron chi connectivity index (χ1n) is 9.71. The Morgan fingerprint density at radius 3 is 2.60 bits per heavy atom. The van der Waals surface area contributed by atoms with Crippen molar-refractivity contribution in [1.82, 2.24) is 19.4 Å². The summed E-state index contributed by atoms with van der Waals surface area (Å²) in [6, 6.07) is 19.8. The van der Waals surface area contributed by atoms with Crippen LogP contribution in [-0.2, 0) is 18.4 Å². The summed E-state index contributed by atoms with van der Waals surface area (Å²) >= 11 is 0. The molecule has 0 aliphatic heterocycles. The number of benzene rings is 1. The minimum Gasteiger partial charge on any atom is -0.346 e. The Bertz CT molecular complexity index is 1180. The number of hydrogen-bond donors (Lipinski definition) is 1. The summed E-state index contributed by atoms with van der Waals surface area (Å²) in [4.78, 5) is 22.8. The monoisotopic (exact) mass is 397 g/mol. The van der Waals surface area contributed by atoms with Gasteiger partial charge in [0.05, 0.1) is 6.54 Å². The number of anilines is 2. The molecular weight excluding hydrogens is 374 g/mol. The van der Waals surface area contributed by atoms with Gasteiger partial charge in [0.2, 0.25) is 5.91 Å². The number of carbonyl (C=O) groups excluding carboxylic acids is 1. The van der Waals surface area contributed by atoms with Gasteiger partial charge in [-0.1, -0.05) is 24.3 Å². The molecular formula is C24H23N5O. The molecule has 4 rings (SSSR count). The number of likely N-dealkylation sites (N-methyl/N-ethyl adjacent to an activating group) is 1. The van der Waals surface area contributed by atoms with Crippen molar-refractivity contribution in [1.29, 1.82) is 0 Å². The zero-order valence-electron chi connectivity index (χ0n) is 17.0. The van der Waals surface area contributed by atoms with Crippen molar-refractivity contribution in [3.05, 3.63) is 90.4 Å². The number of amides is 1. The van der Waals surface area contributed by atoms with E-state index in [0.29, 0.717) is 12.4 Å². The Labute approximate surface area is 175 Å². The summed E-state index contributed by atoms with van der Waals surface area (Å²) in [6.45, 7) is 0.541. The maximum Gasteiger partial charge on any atom is 0.246 e. The second-order valence-corrected chi connectivity index (χ2v) is 7.10. The second kappa shape index (κ2) is 8.61. The highest BCUT2D eigenvalue weighted by Gasteiger charge is 2.10. The highest BCUT2D eigenvalue weighted by Crippen LogP contribution is 2.19. The number of nitrogens with zero attached hydrogens (tertiary/aromatic N) is 4. The average Bonchev–Trinajstić information content (AvgIpc) is 3.09. The van der Waals surface area contributed by atoms with Crippen LogP contribution in [0.25, 0.3) is 17.0 Å². The summed E-state index contributed by atoms with van der Waals surface area (Å²) in [5.74, 6) is 1.37. The number of nitrogens with one attached hydrogen (secondary N) is 1. The van der Waals surface area contributed by atoms with Gasteiger partial charge < -0.3 is 14.8 Å². The first kappa shape index (κ1) is 19.4. The van der Waals surface area contributed by atoms with Gasteiger partial charge in [-0.2, -0.15) is 0 Å². The molecule has 6 nitrogen and oxygen atoms in total. The van der Waals surface area contributed by atoms with Crippen LogP contribution in [0.15, 0.2) is 79.1 Å². The molecule has 4 aromatic rings. The third-order valence-electron chi connectivity index (χ3n) is 4.95. The van der Waals surface area contributed by atoms with Crippen LogP contribution in [0.2, 0.25) is 0 Å². The van der Waals surface area contributed by atoms with E-state index in [0.717, 1.165) is 22.6 Å². The van der Waals surface area contributed by atoms with Gasteiger partial charge >= 0.3 is 0 Å². The summed E-state index contributed by atoms with van der Waals surface area (Å²) in [5, 5.41) is 4.31. The number of para-hydroxylation sites is 1. The predicted octanol–water partition coefficient (Wildman–Crippen LogP) is 4.38. The molecule has 0 bridgehead atoms. The quantitative estimate of drug-likeness (QED) is 0.490. The van der Waals surface area contributed by atoms with Crippen LogP contribution in [-0.4, -0.2) is 32.4 Å². The van der Waals surface area contributed by atoms with Crippen molar-refractivity contribution in [2.24, 2.45) is 7.05 Å². The molecule has 0 aliphatic rings. The van der Waals surface area contributed by atoms with Crippen LogP contribution in [0.5, 0.6) is 0 Å². The van der Waals surface area contributed by atoms with Gasteiger partial charge in [-0.15, -0.1) is 0 Å². The average molecular weight is 397 g/mol. The maximum absolute atomic E-state index is 12.5. The van der Waals surface area contributed by atoms with Gasteiger partial charge in [0.25, 0.3) is 0 Å². The highest BCUT2D eigenvalue weighted by atomic mass is 16.2. The number of pyridine rings is 2. The normalized spacial score (nSPS) is 11.1. The Morgan fingerprint density at radius 2 is 1.87 bits per heavy atom. The molecule has 0 atom stereocenters. The molecule has 1 amide bonds. The molecule has 6 heteroatoms. The number of aryl methyl sites for hydroxylation is 1. The fourth-order valence-electron chi connectivity index (χ4n) is 3.26. The molecule has 150 valence electrons. The summed E-state index contributed by atoms with van der Waals surface area (Å²) < 4.78 is 2.13. The van der Waals surface area contributed by atoms with Crippen molar-refractivity contribution >= 4 is 34.5 Å². The number of hydrogen-bond acceptors (Lipinski definition) is 4. The fraction of sp³-hybridized carbons (Fsp3) is 0.125. The van der Waals surface area contributed by atoms with Gasteiger partial charge in [0.15, 0.2) is 0 Å². The van der Waals surface area contributed by atoms with Gasteiger partial charge in [0, 0.05) is 43.8 Å². The Morgan fingerprint density at radius 1 is 1.07 bits per heavy atom. The number of carbonyl (C=O) groups is 1. The van der Waals surface area contributed by atoms with Crippen molar-refractivity contribution < 1.29 is 4.79 Å². The first-order valence-corrected chi connectivity index (χ1v) is 9.71. The molecule has 3 aromatic heterocycles. The van der Waals surface area contributed by atoms with E-state index in [4.69, 9.17) is 0 Å². The summed E-state index contributed by atoms with van der Waals surface area (Å²) in [5.41, 5.74) is 3.11. The van der Waals surface area contributed by atoms with E-state index in [1.54, 1.807) is 29.4 Å². The maximum atomic E-state index is 12.5. The number of rotatable bonds is 6. The van der Waals surface area contributed by atoms with E-state index < -0.39 is 0 Å². The van der Waals surface area contributed by atoms with E-state index in [2.05, 4.69) is 38.1 Å². The van der Waals surface area contributed by atoms with Crippen LogP contribution < -0.4 is 5.32 Å². The standard InChI is InChI=1S/C24H23N5O/c1-28(17-20-15-19-7-3-4-8-21(19)29(20)2)24(30)13-11-18-10-12-23(26-16-18)27-22-9-5-6-14-25-22/h3-16H,17H2,1-2H3,(H,25,26,27)/b13-11+. The molecule has 0 fully saturated rings. The lowest BCUT2D eigenvalue weighted by atomic mass is 10.2. The summed E-state index contributed by atoms with van der Waals surface area (Å²) in [7, 11) is 3.83. The van der Waals surface area contributed by atoms with Crippen LogP contribution >= 0.6 is 0 Å². The van der Waals surface area contributed by atoms with Crippen LogP contribution in [0.4, 0.5) is 11.6 Å². The van der Waals surface area contributed by atoms with Crippen LogP contribution in [0.3, 0.4) is 0 Å². The lowest BCUT2D eigenvalue weighted by Crippen LogP contribution is -2.25. The van der Waals surface area contributed by atoms with E-state index >= 15 is 0 Å². The molecule has 0 radical (unpaired) electrons. The van der Waals surface area contributed by atoms with Gasteiger partial charge in [-0.25, -0.2) is 9.97 Å². The van der Waals surface area contributed by atoms with Crippen molar-refractivity contribution in [2.45, 2.75) is 6.54 Å². The molecule has 0 saturated heterocycles. The Kier molecular flexibility index (Phi) is 5.57. The molecule has 0 unspecified atom stereocenters. The largest absolute Gasteiger partial charge is 0.346 e. The first-order chi connectivity index (χ1) is 14.6. The molecule has 3 heterocycles. The van der Waals surface area contributed by atoms with Crippen molar-refractivity contribution in [3.63, 3.8) is 0 Å². The number of aromatic nitrogens is 3. The van der Waals surface area contributed by atoms with E-state index in [1.165, 1.54) is 5.39 Å². The Balaban J connectivity index is 1.38. The molecule has 0 aliphatic carbocycles. The van der Waals surface area contributed by atoms with Gasteiger partial charge in [-0.05, 0) is 53.4 Å². The van der Waals surface area contributed by atoms with Crippen LogP contribution in [0.1, 0.15) is 11.3 Å². The van der Waals surface area contributed by atoms with Gasteiger partial charge in [0.1, 0.15) is 11.6 Å². The Hall–Kier alpha value is -3.93. The van der Waals surface area contributed by atoms with Crippen molar-refractivity contribution in [3.8, 4) is 0 Å².